The van der Waals surface area contributed by atoms with Crippen LogP contribution in [0, 0.1) is 0 Å². The Morgan fingerprint density at radius 3 is 2.74 bits per heavy atom. The Morgan fingerprint density at radius 1 is 1.05 bits per heavy atom. The molecule has 3 aliphatic rings. The SMILES string of the molecule is CCN1CCC(NC2CCN3CCCCC23)CC1C. The van der Waals surface area contributed by atoms with E-state index in [0.717, 1.165) is 24.2 Å². The van der Waals surface area contributed by atoms with Crippen LogP contribution in [0.15, 0.2) is 0 Å². The van der Waals surface area contributed by atoms with E-state index in [0.29, 0.717) is 0 Å². The minimum absolute atomic E-state index is 0.764. The molecule has 110 valence electrons. The average Bonchev–Trinajstić information content (AvgIpc) is 2.83. The first kappa shape index (κ1) is 13.8. The number of nitrogens with zero attached hydrogens (tertiary/aromatic N) is 2. The van der Waals surface area contributed by atoms with Gasteiger partial charge < -0.3 is 10.2 Å². The van der Waals surface area contributed by atoms with Gasteiger partial charge in [0.2, 0.25) is 0 Å². The second-order valence-corrected chi connectivity index (χ2v) is 6.86. The minimum Gasteiger partial charge on any atom is -0.310 e. The molecule has 0 bridgehead atoms. The number of rotatable bonds is 3. The summed E-state index contributed by atoms with van der Waals surface area (Å²) < 4.78 is 0. The minimum atomic E-state index is 0.764. The molecule has 0 amide bonds. The van der Waals surface area contributed by atoms with Crippen molar-refractivity contribution < 1.29 is 0 Å². The van der Waals surface area contributed by atoms with E-state index < -0.39 is 0 Å². The van der Waals surface area contributed by atoms with Crippen molar-refractivity contribution in [3.05, 3.63) is 0 Å². The van der Waals surface area contributed by atoms with Gasteiger partial charge in [0.05, 0.1) is 0 Å². The summed E-state index contributed by atoms with van der Waals surface area (Å²) >= 11 is 0. The smallest absolute Gasteiger partial charge is 0.0249 e. The van der Waals surface area contributed by atoms with Crippen molar-refractivity contribution in [2.75, 3.05) is 26.2 Å². The van der Waals surface area contributed by atoms with Crippen molar-refractivity contribution in [2.45, 2.75) is 76.5 Å². The summed E-state index contributed by atoms with van der Waals surface area (Å²) in [5, 5.41) is 4.02. The average molecular weight is 265 g/mol. The van der Waals surface area contributed by atoms with Gasteiger partial charge in [-0.3, -0.25) is 4.90 Å². The Balaban J connectivity index is 1.52. The lowest BCUT2D eigenvalue weighted by Gasteiger charge is -2.40. The summed E-state index contributed by atoms with van der Waals surface area (Å²) in [6.07, 6.45) is 8.38. The zero-order chi connectivity index (χ0) is 13.2. The molecule has 0 aliphatic carbocycles. The van der Waals surface area contributed by atoms with Crippen LogP contribution in [0.1, 0.15) is 52.4 Å². The highest BCUT2D eigenvalue weighted by molar-refractivity contribution is 4.96. The van der Waals surface area contributed by atoms with E-state index in [2.05, 4.69) is 29.0 Å². The predicted octanol–water partition coefficient (Wildman–Crippen LogP) is 2.08. The molecule has 3 nitrogen and oxygen atoms in total. The van der Waals surface area contributed by atoms with Crippen LogP contribution in [-0.4, -0.2) is 60.1 Å². The molecule has 3 heterocycles. The molecule has 0 spiro atoms. The van der Waals surface area contributed by atoms with E-state index in [-0.39, 0.29) is 0 Å². The van der Waals surface area contributed by atoms with E-state index in [4.69, 9.17) is 0 Å². The second kappa shape index (κ2) is 6.11. The van der Waals surface area contributed by atoms with Crippen LogP contribution in [0.3, 0.4) is 0 Å². The lowest BCUT2D eigenvalue weighted by molar-refractivity contribution is 0.126. The highest BCUT2D eigenvalue weighted by Crippen LogP contribution is 2.28. The van der Waals surface area contributed by atoms with Crippen LogP contribution in [0.25, 0.3) is 0 Å². The van der Waals surface area contributed by atoms with E-state index in [1.807, 2.05) is 0 Å². The fourth-order valence-corrected chi connectivity index (χ4v) is 4.59. The summed E-state index contributed by atoms with van der Waals surface area (Å²) in [5.74, 6) is 0. The summed E-state index contributed by atoms with van der Waals surface area (Å²) in [5.41, 5.74) is 0. The van der Waals surface area contributed by atoms with Crippen LogP contribution >= 0.6 is 0 Å². The van der Waals surface area contributed by atoms with Crippen LogP contribution < -0.4 is 5.32 Å². The summed E-state index contributed by atoms with van der Waals surface area (Å²) in [4.78, 5) is 5.37. The number of hydrogen-bond donors (Lipinski definition) is 1. The Labute approximate surface area is 118 Å². The third-order valence-electron chi connectivity index (χ3n) is 5.73. The van der Waals surface area contributed by atoms with Gasteiger partial charge in [-0.1, -0.05) is 13.3 Å². The maximum atomic E-state index is 4.02. The molecule has 0 radical (unpaired) electrons. The summed E-state index contributed by atoms with van der Waals surface area (Å²) in [7, 11) is 0. The number of likely N-dealkylation sites (tertiary alicyclic amines) is 1. The third-order valence-corrected chi connectivity index (χ3v) is 5.73. The number of nitrogens with one attached hydrogen (secondary N) is 1. The molecule has 1 N–H and O–H groups in total. The van der Waals surface area contributed by atoms with Gasteiger partial charge >= 0.3 is 0 Å². The van der Waals surface area contributed by atoms with Crippen LogP contribution in [0.2, 0.25) is 0 Å². The Hall–Kier alpha value is -0.120. The van der Waals surface area contributed by atoms with Crippen molar-refractivity contribution in [3.63, 3.8) is 0 Å². The fourth-order valence-electron chi connectivity index (χ4n) is 4.59. The Bertz CT molecular complexity index is 294. The molecule has 3 rings (SSSR count). The lowest BCUT2D eigenvalue weighted by atomic mass is 9.94. The number of fused-ring (bicyclic) bond motifs is 1. The zero-order valence-corrected chi connectivity index (χ0v) is 12.8. The van der Waals surface area contributed by atoms with Crippen molar-refractivity contribution in [2.24, 2.45) is 0 Å². The predicted molar refractivity (Wildman–Crippen MR) is 80.5 cm³/mol. The van der Waals surface area contributed by atoms with Crippen molar-refractivity contribution in [3.8, 4) is 0 Å². The molecular formula is C16H31N3. The van der Waals surface area contributed by atoms with Gasteiger partial charge in [-0.25, -0.2) is 0 Å². The first-order chi connectivity index (χ1) is 9.28. The van der Waals surface area contributed by atoms with Gasteiger partial charge in [-0.15, -0.1) is 0 Å². The normalized spacial score (nSPS) is 41.4. The molecule has 4 atom stereocenters. The molecule has 19 heavy (non-hydrogen) atoms. The molecule has 0 aromatic rings. The first-order valence-electron chi connectivity index (χ1n) is 8.52. The fraction of sp³-hybridized carbons (Fsp3) is 1.00. The quantitative estimate of drug-likeness (QED) is 0.843. The monoisotopic (exact) mass is 265 g/mol. The lowest BCUT2D eigenvalue weighted by Crippen LogP contribution is -2.53. The molecule has 0 saturated carbocycles. The molecule has 3 fully saturated rings. The number of hydrogen-bond acceptors (Lipinski definition) is 3. The van der Waals surface area contributed by atoms with Crippen LogP contribution in [-0.2, 0) is 0 Å². The van der Waals surface area contributed by atoms with Gasteiger partial charge in [0.25, 0.3) is 0 Å². The highest BCUT2D eigenvalue weighted by atomic mass is 15.2. The summed E-state index contributed by atoms with van der Waals surface area (Å²) in [6.45, 7) is 9.89. The molecule has 0 aromatic heterocycles. The number of piperidine rings is 2. The topological polar surface area (TPSA) is 18.5 Å². The Morgan fingerprint density at radius 2 is 1.95 bits per heavy atom. The van der Waals surface area contributed by atoms with E-state index in [1.54, 1.807) is 0 Å². The Kier molecular flexibility index (Phi) is 4.45. The molecule has 3 saturated heterocycles. The van der Waals surface area contributed by atoms with Crippen LogP contribution in [0.5, 0.6) is 0 Å². The highest BCUT2D eigenvalue weighted by Gasteiger charge is 2.37. The maximum absolute atomic E-state index is 4.02. The van der Waals surface area contributed by atoms with Crippen molar-refractivity contribution in [1.82, 2.24) is 15.1 Å². The molecule has 4 unspecified atom stereocenters. The van der Waals surface area contributed by atoms with Gasteiger partial charge in [-0.2, -0.15) is 0 Å². The van der Waals surface area contributed by atoms with Crippen molar-refractivity contribution >= 4 is 0 Å². The van der Waals surface area contributed by atoms with E-state index >= 15 is 0 Å². The largest absolute Gasteiger partial charge is 0.310 e. The van der Waals surface area contributed by atoms with Gasteiger partial charge in [0.1, 0.15) is 0 Å². The maximum Gasteiger partial charge on any atom is 0.0249 e. The van der Waals surface area contributed by atoms with Crippen LogP contribution in [0.4, 0.5) is 0 Å². The zero-order valence-electron chi connectivity index (χ0n) is 12.8. The standard InChI is InChI=1S/C16H31N3/c1-3-18-10-7-14(12-13(18)2)17-15-8-11-19-9-5-4-6-16(15)19/h13-17H,3-12H2,1-2H3. The molecular weight excluding hydrogens is 234 g/mol. The van der Waals surface area contributed by atoms with E-state index in [1.165, 1.54) is 64.7 Å². The molecule has 3 heteroatoms. The van der Waals surface area contributed by atoms with Gasteiger partial charge in [-0.05, 0) is 58.7 Å². The first-order valence-corrected chi connectivity index (χ1v) is 8.52. The third kappa shape index (κ3) is 2.98. The summed E-state index contributed by atoms with van der Waals surface area (Å²) in [6, 6.07) is 3.17. The van der Waals surface area contributed by atoms with Gasteiger partial charge in [0, 0.05) is 30.7 Å². The van der Waals surface area contributed by atoms with E-state index in [9.17, 15) is 0 Å². The second-order valence-electron chi connectivity index (χ2n) is 6.86. The van der Waals surface area contributed by atoms with Crippen molar-refractivity contribution in [1.29, 1.82) is 0 Å². The molecule has 0 aromatic carbocycles. The van der Waals surface area contributed by atoms with Gasteiger partial charge in [0.15, 0.2) is 0 Å². The molecule has 3 aliphatic heterocycles.